The molecule has 88 valence electrons. The van der Waals surface area contributed by atoms with Gasteiger partial charge in [0.05, 0.1) is 6.10 Å². The van der Waals surface area contributed by atoms with Crippen LogP contribution in [0.4, 0.5) is 0 Å². The number of piperidine rings is 2. The molecule has 2 fully saturated rings. The highest BCUT2D eigenvalue weighted by molar-refractivity contribution is 4.93. The van der Waals surface area contributed by atoms with E-state index in [2.05, 4.69) is 17.3 Å². The van der Waals surface area contributed by atoms with Crippen molar-refractivity contribution in [1.82, 2.24) is 10.2 Å². The summed E-state index contributed by atoms with van der Waals surface area (Å²) in [5.41, 5.74) is 0. The zero-order valence-corrected chi connectivity index (χ0v) is 9.95. The van der Waals surface area contributed by atoms with E-state index in [1.165, 1.54) is 32.1 Å². The van der Waals surface area contributed by atoms with Gasteiger partial charge in [0.15, 0.2) is 0 Å². The third-order valence-electron chi connectivity index (χ3n) is 4.04. The van der Waals surface area contributed by atoms with Crippen molar-refractivity contribution < 1.29 is 5.11 Å². The maximum atomic E-state index is 9.27. The highest BCUT2D eigenvalue weighted by atomic mass is 16.3. The van der Waals surface area contributed by atoms with Gasteiger partial charge in [-0.3, -0.25) is 0 Å². The predicted molar refractivity (Wildman–Crippen MR) is 61.9 cm³/mol. The molecular formula is C12H24N2O. The fourth-order valence-corrected chi connectivity index (χ4v) is 3.12. The number of aliphatic hydroxyl groups excluding tert-OH is 1. The molecule has 0 aromatic heterocycles. The Kier molecular flexibility index (Phi) is 3.65. The molecule has 3 atom stereocenters. The van der Waals surface area contributed by atoms with Crippen molar-refractivity contribution in [2.75, 3.05) is 13.6 Å². The molecule has 0 amide bonds. The minimum absolute atomic E-state index is 0.218. The Hall–Kier alpha value is -0.120. The molecule has 2 rings (SSSR count). The first kappa shape index (κ1) is 11.4. The highest BCUT2D eigenvalue weighted by Gasteiger charge is 2.35. The van der Waals surface area contributed by atoms with Gasteiger partial charge in [0.2, 0.25) is 0 Å². The lowest BCUT2D eigenvalue weighted by Gasteiger charge is -2.47. The van der Waals surface area contributed by atoms with Gasteiger partial charge in [0, 0.05) is 24.7 Å². The number of nitrogens with one attached hydrogen (secondary N) is 1. The van der Waals surface area contributed by atoms with E-state index in [4.69, 9.17) is 0 Å². The van der Waals surface area contributed by atoms with Gasteiger partial charge in [0.25, 0.3) is 0 Å². The molecule has 2 unspecified atom stereocenters. The van der Waals surface area contributed by atoms with Crippen molar-refractivity contribution in [2.45, 2.75) is 63.3 Å². The summed E-state index contributed by atoms with van der Waals surface area (Å²) in [6, 6.07) is 2.19. The average Bonchev–Trinajstić information content (AvgIpc) is 2.15. The van der Waals surface area contributed by atoms with Crippen LogP contribution in [0.3, 0.4) is 0 Å². The van der Waals surface area contributed by atoms with Crippen LogP contribution in [0.2, 0.25) is 0 Å². The standard InChI is InChI=1S/C12H24N2O/c1-9(15)8-13-10-6-11-4-3-5-12(7-10)14(11)2/h9-13,15H,3-8H2,1-2H3/t9-,10?,11?,12?/m1/s1. The number of fused-ring (bicyclic) bond motifs is 2. The monoisotopic (exact) mass is 212 g/mol. The van der Waals surface area contributed by atoms with E-state index in [-0.39, 0.29) is 6.10 Å². The van der Waals surface area contributed by atoms with Crippen LogP contribution >= 0.6 is 0 Å². The van der Waals surface area contributed by atoms with Crippen LogP contribution in [0.25, 0.3) is 0 Å². The zero-order valence-electron chi connectivity index (χ0n) is 9.95. The Balaban J connectivity index is 1.84. The minimum atomic E-state index is -0.218. The third-order valence-corrected chi connectivity index (χ3v) is 4.04. The van der Waals surface area contributed by atoms with Crippen LogP contribution in [0.5, 0.6) is 0 Å². The quantitative estimate of drug-likeness (QED) is 0.732. The lowest BCUT2D eigenvalue weighted by molar-refractivity contribution is 0.0454. The zero-order chi connectivity index (χ0) is 10.8. The molecule has 0 radical (unpaired) electrons. The van der Waals surface area contributed by atoms with E-state index in [1.54, 1.807) is 0 Å². The van der Waals surface area contributed by atoms with Gasteiger partial charge in [-0.1, -0.05) is 6.42 Å². The van der Waals surface area contributed by atoms with E-state index in [0.717, 1.165) is 18.6 Å². The van der Waals surface area contributed by atoms with Crippen molar-refractivity contribution in [1.29, 1.82) is 0 Å². The summed E-state index contributed by atoms with van der Waals surface area (Å²) in [5, 5.41) is 12.8. The maximum Gasteiger partial charge on any atom is 0.0636 e. The van der Waals surface area contributed by atoms with Gasteiger partial charge in [-0.05, 0) is 39.7 Å². The Morgan fingerprint density at radius 3 is 2.47 bits per heavy atom. The fourth-order valence-electron chi connectivity index (χ4n) is 3.12. The van der Waals surface area contributed by atoms with Crippen molar-refractivity contribution in [3.63, 3.8) is 0 Å². The lowest BCUT2D eigenvalue weighted by Crippen LogP contribution is -2.55. The smallest absolute Gasteiger partial charge is 0.0636 e. The molecule has 2 bridgehead atoms. The van der Waals surface area contributed by atoms with Crippen LogP contribution in [-0.4, -0.2) is 47.8 Å². The predicted octanol–water partition coefficient (Wildman–Crippen LogP) is 0.972. The molecule has 0 aromatic carbocycles. The molecule has 3 heteroatoms. The number of hydrogen-bond acceptors (Lipinski definition) is 3. The molecule has 15 heavy (non-hydrogen) atoms. The molecule has 0 aromatic rings. The van der Waals surface area contributed by atoms with E-state index >= 15 is 0 Å². The van der Waals surface area contributed by atoms with E-state index in [0.29, 0.717) is 6.04 Å². The summed E-state index contributed by atoms with van der Waals surface area (Å²) in [7, 11) is 2.28. The van der Waals surface area contributed by atoms with Crippen molar-refractivity contribution in [2.24, 2.45) is 0 Å². The molecular weight excluding hydrogens is 188 g/mol. The Labute approximate surface area is 92.8 Å². The molecule has 0 saturated carbocycles. The van der Waals surface area contributed by atoms with Crippen LogP contribution in [0, 0.1) is 0 Å². The topological polar surface area (TPSA) is 35.5 Å². The Morgan fingerprint density at radius 1 is 1.33 bits per heavy atom. The van der Waals surface area contributed by atoms with E-state index in [1.807, 2.05) is 6.92 Å². The second-order valence-electron chi connectivity index (χ2n) is 5.33. The third kappa shape index (κ3) is 2.71. The summed E-state index contributed by atoms with van der Waals surface area (Å²) in [6.07, 6.45) is 6.44. The van der Waals surface area contributed by atoms with Gasteiger partial charge in [-0.15, -0.1) is 0 Å². The first-order valence-corrected chi connectivity index (χ1v) is 6.30. The minimum Gasteiger partial charge on any atom is -0.392 e. The summed E-state index contributed by atoms with van der Waals surface area (Å²) < 4.78 is 0. The van der Waals surface area contributed by atoms with Gasteiger partial charge >= 0.3 is 0 Å². The van der Waals surface area contributed by atoms with E-state index < -0.39 is 0 Å². The summed E-state index contributed by atoms with van der Waals surface area (Å²) in [6.45, 7) is 2.59. The van der Waals surface area contributed by atoms with Crippen LogP contribution in [-0.2, 0) is 0 Å². The first-order valence-electron chi connectivity index (χ1n) is 6.30. The molecule has 2 saturated heterocycles. The van der Waals surface area contributed by atoms with Crippen molar-refractivity contribution >= 4 is 0 Å². The Bertz CT molecular complexity index is 194. The molecule has 2 aliphatic rings. The summed E-state index contributed by atoms with van der Waals surface area (Å²) in [4.78, 5) is 2.57. The second-order valence-corrected chi connectivity index (χ2v) is 5.33. The van der Waals surface area contributed by atoms with Crippen LogP contribution in [0.15, 0.2) is 0 Å². The number of hydrogen-bond donors (Lipinski definition) is 2. The summed E-state index contributed by atoms with van der Waals surface area (Å²) in [5.74, 6) is 0. The Morgan fingerprint density at radius 2 is 1.93 bits per heavy atom. The van der Waals surface area contributed by atoms with Gasteiger partial charge in [-0.2, -0.15) is 0 Å². The SMILES string of the molecule is C[C@@H](O)CNC1CC2CCCC(C1)N2C. The fraction of sp³-hybridized carbons (Fsp3) is 1.00. The van der Waals surface area contributed by atoms with Gasteiger partial charge in [0.1, 0.15) is 0 Å². The van der Waals surface area contributed by atoms with Gasteiger partial charge < -0.3 is 15.3 Å². The maximum absolute atomic E-state index is 9.27. The average molecular weight is 212 g/mol. The number of nitrogens with zero attached hydrogens (tertiary/aromatic N) is 1. The highest BCUT2D eigenvalue weighted by Crippen LogP contribution is 2.32. The van der Waals surface area contributed by atoms with Crippen LogP contribution in [0.1, 0.15) is 39.0 Å². The first-order chi connectivity index (χ1) is 7.16. The number of aliphatic hydroxyl groups is 1. The lowest BCUT2D eigenvalue weighted by atomic mass is 9.82. The number of rotatable bonds is 3. The van der Waals surface area contributed by atoms with E-state index in [9.17, 15) is 5.11 Å². The van der Waals surface area contributed by atoms with Gasteiger partial charge in [-0.25, -0.2) is 0 Å². The molecule has 3 nitrogen and oxygen atoms in total. The van der Waals surface area contributed by atoms with Crippen LogP contribution < -0.4 is 5.32 Å². The molecule has 2 heterocycles. The molecule has 2 N–H and O–H groups in total. The van der Waals surface area contributed by atoms with Crippen molar-refractivity contribution in [3.05, 3.63) is 0 Å². The second kappa shape index (κ2) is 4.81. The van der Waals surface area contributed by atoms with Crippen molar-refractivity contribution in [3.8, 4) is 0 Å². The normalized spacial score (nSPS) is 39.0. The largest absolute Gasteiger partial charge is 0.392 e. The molecule has 0 spiro atoms. The summed E-state index contributed by atoms with van der Waals surface area (Å²) >= 11 is 0. The molecule has 0 aliphatic carbocycles. The molecule has 2 aliphatic heterocycles.